The Kier molecular flexibility index (Phi) is 6.43. The van der Waals surface area contributed by atoms with Crippen molar-refractivity contribution in [2.45, 2.75) is 24.7 Å². The molecule has 3 aromatic rings. The van der Waals surface area contributed by atoms with Crippen molar-refractivity contribution in [3.05, 3.63) is 105 Å². The van der Waals surface area contributed by atoms with Gasteiger partial charge in [-0.25, -0.2) is 13.6 Å². The average molecular weight is 507 g/mol. The third-order valence-electron chi connectivity index (χ3n) is 6.74. The minimum absolute atomic E-state index is 0.0865. The molecule has 0 spiro atoms. The van der Waals surface area contributed by atoms with Crippen LogP contribution in [0.25, 0.3) is 10.9 Å². The SMILES string of the molecule is O=C(c1ccccc1)C1CNCCN1C(=O)C1(F)C=CC(Cn2c(=O)[nH]c3cccc(F)c3c2=O)=CC1. The highest BCUT2D eigenvalue weighted by Crippen LogP contribution is 2.29. The number of hydrogen-bond acceptors (Lipinski definition) is 5. The Labute approximate surface area is 209 Å². The van der Waals surface area contributed by atoms with Crippen molar-refractivity contribution >= 4 is 22.6 Å². The first-order chi connectivity index (χ1) is 17.8. The van der Waals surface area contributed by atoms with Gasteiger partial charge >= 0.3 is 5.69 Å². The summed E-state index contributed by atoms with van der Waals surface area (Å²) < 4.78 is 30.9. The zero-order valence-corrected chi connectivity index (χ0v) is 19.7. The topological polar surface area (TPSA) is 104 Å². The number of fused-ring (bicyclic) bond motifs is 1. The van der Waals surface area contributed by atoms with Crippen LogP contribution in [-0.4, -0.2) is 57.5 Å². The first-order valence-electron chi connectivity index (χ1n) is 11.9. The fraction of sp³-hybridized carbons (Fsp3) is 0.259. The van der Waals surface area contributed by atoms with E-state index in [1.165, 1.54) is 29.2 Å². The fourth-order valence-electron chi connectivity index (χ4n) is 4.73. The molecule has 2 N–H and O–H groups in total. The maximum atomic E-state index is 15.9. The number of ketones is 1. The van der Waals surface area contributed by atoms with E-state index in [9.17, 15) is 23.6 Å². The van der Waals surface area contributed by atoms with E-state index < -0.39 is 34.7 Å². The number of aromatic amines is 1. The lowest BCUT2D eigenvalue weighted by Crippen LogP contribution is -2.60. The molecule has 0 radical (unpaired) electrons. The van der Waals surface area contributed by atoms with Crippen LogP contribution in [0, 0.1) is 5.82 Å². The standard InChI is InChI=1S/C27H24F2N4O4/c28-19-7-4-8-20-22(19)24(35)33(26(37)31-20)16-17-9-11-27(29,12-10-17)25(36)32-14-13-30-15-21(32)23(34)18-5-2-1-3-6-18/h1-11,21,30H,12-16H2,(H,31,37). The summed E-state index contributed by atoms with van der Waals surface area (Å²) in [6.07, 6.45) is 3.54. The van der Waals surface area contributed by atoms with Crippen LogP contribution in [0.3, 0.4) is 0 Å². The second-order valence-electron chi connectivity index (χ2n) is 9.11. The van der Waals surface area contributed by atoms with Gasteiger partial charge in [-0.2, -0.15) is 0 Å². The fourth-order valence-corrected chi connectivity index (χ4v) is 4.73. The lowest BCUT2D eigenvalue weighted by molar-refractivity contribution is -0.143. The highest BCUT2D eigenvalue weighted by Gasteiger charge is 2.44. The molecule has 2 atom stereocenters. The third kappa shape index (κ3) is 4.55. The van der Waals surface area contributed by atoms with Crippen LogP contribution in [0.4, 0.5) is 8.78 Å². The zero-order chi connectivity index (χ0) is 26.2. The number of carbonyl (C=O) groups is 2. The zero-order valence-electron chi connectivity index (χ0n) is 19.7. The number of halogens is 2. The molecular formula is C27H24F2N4O4. The molecule has 1 aliphatic heterocycles. The number of Topliss-reactive ketones (excluding diaryl/α,β-unsaturated/α-hetero) is 1. The smallest absolute Gasteiger partial charge is 0.327 e. The van der Waals surface area contributed by atoms with E-state index in [0.29, 0.717) is 17.7 Å². The van der Waals surface area contributed by atoms with Gasteiger partial charge in [0.05, 0.1) is 17.4 Å². The number of piperazine rings is 1. The molecule has 2 unspecified atom stereocenters. The molecule has 1 aliphatic carbocycles. The number of alkyl halides is 1. The molecule has 10 heteroatoms. The van der Waals surface area contributed by atoms with Gasteiger partial charge in [0, 0.05) is 31.6 Å². The van der Waals surface area contributed by atoms with Crippen molar-refractivity contribution in [2.24, 2.45) is 0 Å². The number of allylic oxidation sites excluding steroid dienone is 3. The quantitative estimate of drug-likeness (QED) is 0.516. The van der Waals surface area contributed by atoms with E-state index in [2.05, 4.69) is 10.3 Å². The molecule has 2 aromatic carbocycles. The Morgan fingerprint density at radius 1 is 1.08 bits per heavy atom. The number of amides is 1. The largest absolute Gasteiger partial charge is 0.329 e. The minimum Gasteiger partial charge on any atom is -0.327 e. The predicted octanol–water partition coefficient (Wildman–Crippen LogP) is 2.11. The summed E-state index contributed by atoms with van der Waals surface area (Å²) in [5.74, 6) is -1.86. The minimum atomic E-state index is -2.39. The van der Waals surface area contributed by atoms with E-state index in [1.807, 2.05) is 0 Å². The van der Waals surface area contributed by atoms with E-state index >= 15 is 4.39 Å². The second kappa shape index (κ2) is 9.70. The summed E-state index contributed by atoms with van der Waals surface area (Å²) in [6, 6.07) is 11.6. The predicted molar refractivity (Wildman–Crippen MR) is 134 cm³/mol. The van der Waals surface area contributed by atoms with Crippen LogP contribution >= 0.6 is 0 Å². The van der Waals surface area contributed by atoms with Gasteiger partial charge in [0.2, 0.25) is 5.67 Å². The first kappa shape index (κ1) is 24.5. The summed E-state index contributed by atoms with van der Waals surface area (Å²) in [6.45, 7) is 0.591. The van der Waals surface area contributed by atoms with Gasteiger partial charge in [-0.3, -0.25) is 19.0 Å². The summed E-state index contributed by atoms with van der Waals surface area (Å²) in [7, 11) is 0. The summed E-state index contributed by atoms with van der Waals surface area (Å²) in [5.41, 5.74) is -2.98. The number of carbonyl (C=O) groups excluding carboxylic acids is 2. The lowest BCUT2D eigenvalue weighted by atomic mass is 9.90. The van der Waals surface area contributed by atoms with Crippen molar-refractivity contribution in [2.75, 3.05) is 19.6 Å². The molecule has 2 heterocycles. The van der Waals surface area contributed by atoms with E-state index in [4.69, 9.17) is 0 Å². The number of nitrogens with zero attached hydrogens (tertiary/aromatic N) is 2. The van der Waals surface area contributed by atoms with Gasteiger partial charge in [-0.1, -0.05) is 48.6 Å². The number of aromatic nitrogens is 2. The van der Waals surface area contributed by atoms with Crippen molar-refractivity contribution < 1.29 is 18.4 Å². The van der Waals surface area contributed by atoms with Gasteiger partial charge in [0.15, 0.2) is 5.78 Å². The van der Waals surface area contributed by atoms with Crippen LogP contribution in [0.5, 0.6) is 0 Å². The first-order valence-corrected chi connectivity index (χ1v) is 11.9. The Morgan fingerprint density at radius 3 is 2.59 bits per heavy atom. The molecule has 0 saturated carbocycles. The van der Waals surface area contributed by atoms with Crippen molar-refractivity contribution in [1.29, 1.82) is 0 Å². The molecule has 1 amide bonds. The molecule has 0 bridgehead atoms. The Hall–Kier alpha value is -4.18. The number of hydrogen-bond donors (Lipinski definition) is 2. The van der Waals surface area contributed by atoms with E-state index in [-0.39, 0.29) is 42.7 Å². The molecule has 1 aromatic heterocycles. The van der Waals surface area contributed by atoms with Gasteiger partial charge in [-0.15, -0.1) is 0 Å². The van der Waals surface area contributed by atoms with Crippen molar-refractivity contribution in [1.82, 2.24) is 19.8 Å². The summed E-state index contributed by atoms with van der Waals surface area (Å²) in [4.78, 5) is 55.4. The number of nitrogens with one attached hydrogen (secondary N) is 2. The summed E-state index contributed by atoms with van der Waals surface area (Å²) in [5, 5.41) is 2.84. The normalized spacial score (nSPS) is 21.6. The number of H-pyrrole nitrogens is 1. The maximum absolute atomic E-state index is 15.9. The summed E-state index contributed by atoms with van der Waals surface area (Å²) >= 11 is 0. The average Bonchev–Trinajstić information content (AvgIpc) is 2.91. The van der Waals surface area contributed by atoms with Gasteiger partial charge < -0.3 is 15.2 Å². The number of rotatable bonds is 5. The molecule has 1 fully saturated rings. The molecule has 190 valence electrons. The van der Waals surface area contributed by atoms with Crippen LogP contribution in [0.15, 0.2) is 81.9 Å². The van der Waals surface area contributed by atoms with Crippen LogP contribution in [0.1, 0.15) is 16.8 Å². The van der Waals surface area contributed by atoms with E-state index in [0.717, 1.165) is 16.7 Å². The van der Waals surface area contributed by atoms with Gasteiger partial charge in [-0.05, 0) is 23.8 Å². The molecule has 2 aliphatic rings. The van der Waals surface area contributed by atoms with Crippen molar-refractivity contribution in [3.8, 4) is 0 Å². The Bertz CT molecular complexity index is 1560. The third-order valence-corrected chi connectivity index (χ3v) is 6.74. The molecule has 8 nitrogen and oxygen atoms in total. The number of benzene rings is 2. The van der Waals surface area contributed by atoms with Crippen molar-refractivity contribution in [3.63, 3.8) is 0 Å². The highest BCUT2D eigenvalue weighted by molar-refractivity contribution is 6.03. The van der Waals surface area contributed by atoms with Crippen LogP contribution in [-0.2, 0) is 11.3 Å². The maximum Gasteiger partial charge on any atom is 0.329 e. The second-order valence-corrected chi connectivity index (χ2v) is 9.11. The molecule has 37 heavy (non-hydrogen) atoms. The Morgan fingerprint density at radius 2 is 1.86 bits per heavy atom. The highest BCUT2D eigenvalue weighted by atomic mass is 19.1. The molecule has 5 rings (SSSR count). The van der Waals surface area contributed by atoms with Crippen LogP contribution in [0.2, 0.25) is 0 Å². The van der Waals surface area contributed by atoms with E-state index in [1.54, 1.807) is 30.3 Å². The lowest BCUT2D eigenvalue weighted by Gasteiger charge is -2.39. The monoisotopic (exact) mass is 506 g/mol. The van der Waals surface area contributed by atoms with Crippen LogP contribution < -0.4 is 16.6 Å². The van der Waals surface area contributed by atoms with Gasteiger partial charge in [0.25, 0.3) is 11.5 Å². The molecular weight excluding hydrogens is 482 g/mol. The van der Waals surface area contributed by atoms with Gasteiger partial charge in [0.1, 0.15) is 11.9 Å². The Balaban J connectivity index is 1.36. The molecule has 1 saturated heterocycles.